The maximum Gasteiger partial charge on any atom is 0.320 e. The summed E-state index contributed by atoms with van der Waals surface area (Å²) in [6.45, 7) is 2.15. The van der Waals surface area contributed by atoms with Crippen LogP contribution in [0.25, 0.3) is 0 Å². The lowest BCUT2D eigenvalue weighted by Gasteiger charge is -1.92. The molecule has 0 spiro atoms. The Hall–Kier alpha value is -1.02. The summed E-state index contributed by atoms with van der Waals surface area (Å²) in [5.41, 5.74) is 0. The van der Waals surface area contributed by atoms with E-state index in [0.29, 0.717) is 6.61 Å². The van der Waals surface area contributed by atoms with Crippen LogP contribution >= 0.6 is 11.6 Å². The summed E-state index contributed by atoms with van der Waals surface area (Å²) in [7, 11) is 0. The average molecular weight is 201 g/mol. The van der Waals surface area contributed by atoms with Crippen molar-refractivity contribution in [2.45, 2.75) is 6.92 Å². The molecule has 0 aliphatic heterocycles. The lowest BCUT2D eigenvalue weighted by atomic mass is 10.4. The van der Waals surface area contributed by atoms with Crippen LogP contribution in [-0.4, -0.2) is 18.5 Å². The molecule has 0 fully saturated rings. The largest absolute Gasteiger partial charge is 0.465 e. The standard InChI is InChI=1S/C6H6.C4H7ClO2/c1-2-4-6-5-3-1;1-2-7-4(6)3-5/h1-6H;2-3H2,1H3. The molecule has 1 rings (SSSR count). The van der Waals surface area contributed by atoms with E-state index in [9.17, 15) is 4.79 Å². The van der Waals surface area contributed by atoms with Gasteiger partial charge in [-0.15, -0.1) is 11.6 Å². The maximum absolute atomic E-state index is 10.1. The van der Waals surface area contributed by atoms with E-state index >= 15 is 0 Å². The zero-order chi connectivity index (χ0) is 9.94. The summed E-state index contributed by atoms with van der Waals surface area (Å²) >= 11 is 5.06. The molecule has 13 heavy (non-hydrogen) atoms. The molecule has 0 radical (unpaired) electrons. The van der Waals surface area contributed by atoms with Crippen molar-refractivity contribution in [3.05, 3.63) is 36.4 Å². The number of rotatable bonds is 2. The molecule has 1 aromatic rings. The number of carbonyl (C=O) groups excluding carboxylic acids is 1. The molecule has 0 saturated carbocycles. The summed E-state index contributed by atoms with van der Waals surface area (Å²) in [6.07, 6.45) is 0. The highest BCUT2D eigenvalue weighted by atomic mass is 35.5. The molecular formula is C10H13ClO2. The van der Waals surface area contributed by atoms with Crippen molar-refractivity contribution in [3.8, 4) is 0 Å². The fourth-order valence-corrected chi connectivity index (χ4v) is 0.662. The topological polar surface area (TPSA) is 26.3 Å². The summed E-state index contributed by atoms with van der Waals surface area (Å²) in [6, 6.07) is 12.0. The van der Waals surface area contributed by atoms with Crippen molar-refractivity contribution >= 4 is 17.6 Å². The fourth-order valence-electron chi connectivity index (χ4n) is 0.584. The molecule has 0 amide bonds. The maximum atomic E-state index is 10.1. The van der Waals surface area contributed by atoms with Gasteiger partial charge in [0.1, 0.15) is 5.88 Å². The summed E-state index contributed by atoms with van der Waals surface area (Å²) < 4.78 is 4.42. The predicted octanol–water partition coefficient (Wildman–Crippen LogP) is 2.47. The van der Waals surface area contributed by atoms with E-state index in [-0.39, 0.29) is 11.8 Å². The number of alkyl halides is 1. The fraction of sp³-hybridized carbons (Fsp3) is 0.300. The van der Waals surface area contributed by atoms with Crippen LogP contribution in [0.5, 0.6) is 0 Å². The number of esters is 1. The molecule has 72 valence electrons. The summed E-state index contributed by atoms with van der Waals surface area (Å²) in [5.74, 6) is -0.405. The van der Waals surface area contributed by atoms with E-state index in [1.807, 2.05) is 36.4 Å². The van der Waals surface area contributed by atoms with Gasteiger partial charge in [0.25, 0.3) is 0 Å². The molecular weight excluding hydrogens is 188 g/mol. The smallest absolute Gasteiger partial charge is 0.320 e. The number of hydrogen-bond donors (Lipinski definition) is 0. The van der Waals surface area contributed by atoms with Gasteiger partial charge in [0, 0.05) is 0 Å². The molecule has 0 saturated heterocycles. The van der Waals surface area contributed by atoms with Crippen LogP contribution in [0, 0.1) is 0 Å². The van der Waals surface area contributed by atoms with Crippen molar-refractivity contribution in [1.82, 2.24) is 0 Å². The molecule has 0 atom stereocenters. The molecule has 0 bridgehead atoms. The van der Waals surface area contributed by atoms with Gasteiger partial charge in [-0.2, -0.15) is 0 Å². The van der Waals surface area contributed by atoms with Crippen molar-refractivity contribution < 1.29 is 9.53 Å². The molecule has 0 aliphatic carbocycles. The van der Waals surface area contributed by atoms with E-state index in [4.69, 9.17) is 11.6 Å². The van der Waals surface area contributed by atoms with Gasteiger partial charge in [-0.05, 0) is 6.92 Å². The minimum Gasteiger partial charge on any atom is -0.465 e. The third-order valence-corrected chi connectivity index (χ3v) is 1.30. The van der Waals surface area contributed by atoms with Crippen LogP contribution in [0.1, 0.15) is 6.92 Å². The first-order valence-corrected chi connectivity index (χ1v) is 4.56. The number of hydrogen-bond acceptors (Lipinski definition) is 2. The lowest BCUT2D eigenvalue weighted by molar-refractivity contribution is -0.140. The minimum atomic E-state index is -0.357. The Morgan fingerprint density at radius 3 is 1.69 bits per heavy atom. The Morgan fingerprint density at radius 2 is 1.54 bits per heavy atom. The monoisotopic (exact) mass is 200 g/mol. The highest BCUT2D eigenvalue weighted by Crippen LogP contribution is 1.80. The first-order chi connectivity index (χ1) is 6.31. The Balaban J connectivity index is 0.000000223. The van der Waals surface area contributed by atoms with Crippen LogP contribution in [0.2, 0.25) is 0 Å². The molecule has 0 unspecified atom stereocenters. The Bertz CT molecular complexity index is 185. The van der Waals surface area contributed by atoms with Gasteiger partial charge in [0.15, 0.2) is 0 Å². The molecule has 0 N–H and O–H groups in total. The average Bonchev–Trinajstić information content (AvgIpc) is 2.22. The van der Waals surface area contributed by atoms with Gasteiger partial charge in [-0.3, -0.25) is 4.79 Å². The van der Waals surface area contributed by atoms with Crippen molar-refractivity contribution in [1.29, 1.82) is 0 Å². The van der Waals surface area contributed by atoms with Gasteiger partial charge < -0.3 is 4.74 Å². The first kappa shape index (κ1) is 12.0. The molecule has 2 nitrogen and oxygen atoms in total. The normalized spacial score (nSPS) is 8.15. The lowest BCUT2D eigenvalue weighted by Crippen LogP contribution is -2.03. The highest BCUT2D eigenvalue weighted by Gasteiger charge is 1.93. The van der Waals surface area contributed by atoms with Crippen LogP contribution < -0.4 is 0 Å². The van der Waals surface area contributed by atoms with Crippen LogP contribution in [0.15, 0.2) is 36.4 Å². The summed E-state index contributed by atoms with van der Waals surface area (Å²) in [5, 5.41) is 0. The number of carbonyl (C=O) groups is 1. The third-order valence-electron chi connectivity index (χ3n) is 1.08. The highest BCUT2D eigenvalue weighted by molar-refractivity contribution is 6.26. The molecule has 0 aromatic heterocycles. The summed E-state index contributed by atoms with van der Waals surface area (Å²) in [4.78, 5) is 10.1. The SMILES string of the molecule is CCOC(=O)CCl.c1ccccc1. The second kappa shape index (κ2) is 9.07. The second-order valence-corrected chi connectivity index (χ2v) is 2.36. The molecule has 0 aliphatic rings. The first-order valence-electron chi connectivity index (χ1n) is 4.02. The van der Waals surface area contributed by atoms with E-state index in [2.05, 4.69) is 4.74 Å². The second-order valence-electron chi connectivity index (χ2n) is 2.09. The van der Waals surface area contributed by atoms with E-state index < -0.39 is 0 Å². The third kappa shape index (κ3) is 8.89. The van der Waals surface area contributed by atoms with Gasteiger partial charge in [0.2, 0.25) is 0 Å². The Morgan fingerprint density at radius 1 is 1.15 bits per heavy atom. The molecule has 0 heterocycles. The van der Waals surface area contributed by atoms with Crippen molar-refractivity contribution in [2.24, 2.45) is 0 Å². The van der Waals surface area contributed by atoms with Gasteiger partial charge in [-0.25, -0.2) is 0 Å². The Labute approximate surface area is 83.5 Å². The van der Waals surface area contributed by atoms with E-state index in [0.717, 1.165) is 0 Å². The number of halogens is 1. The van der Waals surface area contributed by atoms with Crippen molar-refractivity contribution in [3.63, 3.8) is 0 Å². The van der Waals surface area contributed by atoms with Gasteiger partial charge in [0.05, 0.1) is 6.61 Å². The number of benzene rings is 1. The van der Waals surface area contributed by atoms with Crippen LogP contribution in [-0.2, 0) is 9.53 Å². The zero-order valence-electron chi connectivity index (χ0n) is 7.57. The van der Waals surface area contributed by atoms with Crippen LogP contribution in [0.4, 0.5) is 0 Å². The predicted molar refractivity (Wildman–Crippen MR) is 53.8 cm³/mol. The van der Waals surface area contributed by atoms with Crippen molar-refractivity contribution in [2.75, 3.05) is 12.5 Å². The van der Waals surface area contributed by atoms with Gasteiger partial charge >= 0.3 is 5.97 Å². The number of ether oxygens (including phenoxy) is 1. The minimum absolute atomic E-state index is 0.0478. The molecule has 1 aromatic carbocycles. The molecule has 3 heteroatoms. The zero-order valence-corrected chi connectivity index (χ0v) is 8.33. The quantitative estimate of drug-likeness (QED) is 0.542. The van der Waals surface area contributed by atoms with Gasteiger partial charge in [-0.1, -0.05) is 36.4 Å². The Kier molecular flexibility index (Phi) is 8.36. The van der Waals surface area contributed by atoms with Crippen LogP contribution in [0.3, 0.4) is 0 Å². The van der Waals surface area contributed by atoms with E-state index in [1.54, 1.807) is 6.92 Å². The van der Waals surface area contributed by atoms with E-state index in [1.165, 1.54) is 0 Å².